The molecule has 1 heterocycles. The first-order valence-electron chi connectivity index (χ1n) is 8.93. The molecule has 31 heavy (non-hydrogen) atoms. The van der Waals surface area contributed by atoms with Crippen molar-refractivity contribution >= 4 is 45.6 Å². The van der Waals surface area contributed by atoms with Crippen LogP contribution in [0.5, 0.6) is 5.75 Å². The standard InChI is InChI=1S/C21H16BrClFN3O4/c22-16-9-13(6-7-19(16)31-12-15-17(23)4-1-5-18(15)24)10-26-27-21(29)20(28)25-11-14-3-2-8-30-14/h1-10H,11-12H2,(H,25,28)(H,27,29)/b26-10-. The van der Waals surface area contributed by atoms with Crippen LogP contribution < -0.4 is 15.5 Å². The van der Waals surface area contributed by atoms with Crippen molar-refractivity contribution in [3.05, 3.63) is 87.0 Å². The lowest BCUT2D eigenvalue weighted by molar-refractivity contribution is -0.139. The van der Waals surface area contributed by atoms with Crippen LogP contribution in [-0.2, 0) is 22.7 Å². The molecular weight excluding hydrogens is 493 g/mol. The lowest BCUT2D eigenvalue weighted by Crippen LogP contribution is -2.37. The van der Waals surface area contributed by atoms with Gasteiger partial charge < -0.3 is 14.5 Å². The predicted octanol–water partition coefficient (Wildman–Crippen LogP) is 4.18. The minimum absolute atomic E-state index is 0.0410. The second-order valence-corrected chi connectivity index (χ2v) is 7.40. The fourth-order valence-electron chi connectivity index (χ4n) is 2.41. The Morgan fingerprint density at radius 1 is 1.19 bits per heavy atom. The number of hydrogen-bond donors (Lipinski definition) is 2. The van der Waals surface area contributed by atoms with Crippen molar-refractivity contribution in [2.24, 2.45) is 5.10 Å². The molecule has 0 aliphatic rings. The third-order valence-corrected chi connectivity index (χ3v) is 4.95. The van der Waals surface area contributed by atoms with E-state index in [2.05, 4.69) is 31.8 Å². The zero-order valence-corrected chi connectivity index (χ0v) is 18.2. The van der Waals surface area contributed by atoms with E-state index in [1.54, 1.807) is 36.4 Å². The van der Waals surface area contributed by atoms with Gasteiger partial charge in [0.05, 0.1) is 28.5 Å². The Morgan fingerprint density at radius 3 is 2.74 bits per heavy atom. The van der Waals surface area contributed by atoms with E-state index in [0.717, 1.165) is 0 Å². The molecule has 0 saturated heterocycles. The van der Waals surface area contributed by atoms with E-state index in [1.807, 2.05) is 0 Å². The SMILES string of the molecule is O=C(NCc1ccco1)C(=O)N/N=C\c1ccc(OCc2c(F)cccc2Cl)c(Br)c1. The molecule has 3 aromatic rings. The highest BCUT2D eigenvalue weighted by atomic mass is 79.9. The quantitative estimate of drug-likeness (QED) is 0.284. The Bertz CT molecular complexity index is 1090. The van der Waals surface area contributed by atoms with E-state index in [0.29, 0.717) is 21.5 Å². The van der Waals surface area contributed by atoms with Gasteiger partial charge in [0.2, 0.25) is 0 Å². The van der Waals surface area contributed by atoms with Crippen LogP contribution in [0.2, 0.25) is 5.02 Å². The summed E-state index contributed by atoms with van der Waals surface area (Å²) in [5.41, 5.74) is 3.02. The number of hydrogen-bond acceptors (Lipinski definition) is 5. The molecule has 2 amide bonds. The molecule has 0 atom stereocenters. The fraction of sp³-hybridized carbons (Fsp3) is 0.0952. The molecule has 2 N–H and O–H groups in total. The predicted molar refractivity (Wildman–Crippen MR) is 116 cm³/mol. The summed E-state index contributed by atoms with van der Waals surface area (Å²) in [7, 11) is 0. The fourth-order valence-corrected chi connectivity index (χ4v) is 3.14. The number of nitrogens with one attached hydrogen (secondary N) is 2. The maximum Gasteiger partial charge on any atom is 0.329 e. The van der Waals surface area contributed by atoms with Gasteiger partial charge in [0, 0.05) is 5.56 Å². The Labute approximate surface area is 190 Å². The monoisotopic (exact) mass is 507 g/mol. The minimum Gasteiger partial charge on any atom is -0.488 e. The summed E-state index contributed by atoms with van der Waals surface area (Å²) in [6, 6.07) is 12.8. The number of carbonyl (C=O) groups is 2. The van der Waals surface area contributed by atoms with Crippen molar-refractivity contribution in [1.29, 1.82) is 0 Å². The van der Waals surface area contributed by atoms with Crippen LogP contribution in [0.25, 0.3) is 0 Å². The number of halogens is 3. The Balaban J connectivity index is 1.51. The molecule has 0 aliphatic carbocycles. The molecule has 0 unspecified atom stereocenters. The molecule has 10 heteroatoms. The van der Waals surface area contributed by atoms with E-state index in [1.165, 1.54) is 24.6 Å². The number of hydrazone groups is 1. The van der Waals surface area contributed by atoms with Crippen LogP contribution in [0, 0.1) is 5.82 Å². The van der Waals surface area contributed by atoms with Gasteiger partial charge in [0.15, 0.2) is 0 Å². The topological polar surface area (TPSA) is 92.9 Å². The molecule has 0 fully saturated rings. The van der Waals surface area contributed by atoms with Crippen molar-refractivity contribution in [3.8, 4) is 5.75 Å². The van der Waals surface area contributed by atoms with E-state index in [9.17, 15) is 14.0 Å². The van der Waals surface area contributed by atoms with Crippen molar-refractivity contribution in [2.75, 3.05) is 0 Å². The second-order valence-electron chi connectivity index (χ2n) is 6.14. The van der Waals surface area contributed by atoms with Crippen molar-refractivity contribution in [2.45, 2.75) is 13.2 Å². The second kappa shape index (κ2) is 10.7. The zero-order chi connectivity index (χ0) is 22.2. The molecule has 2 aromatic carbocycles. The van der Waals surface area contributed by atoms with Crippen molar-refractivity contribution in [1.82, 2.24) is 10.7 Å². The average Bonchev–Trinajstić information content (AvgIpc) is 3.26. The first-order chi connectivity index (χ1) is 14.9. The summed E-state index contributed by atoms with van der Waals surface area (Å²) in [6.07, 6.45) is 2.83. The number of furan rings is 1. The smallest absolute Gasteiger partial charge is 0.329 e. The van der Waals surface area contributed by atoms with Gasteiger partial charge in [-0.3, -0.25) is 9.59 Å². The van der Waals surface area contributed by atoms with Gasteiger partial charge >= 0.3 is 11.8 Å². The normalized spacial score (nSPS) is 10.8. The van der Waals surface area contributed by atoms with Gasteiger partial charge in [-0.1, -0.05) is 17.7 Å². The molecule has 0 bridgehead atoms. The van der Waals surface area contributed by atoms with E-state index >= 15 is 0 Å². The van der Waals surface area contributed by atoms with Crippen LogP contribution in [0.15, 0.2) is 68.8 Å². The largest absolute Gasteiger partial charge is 0.488 e. The summed E-state index contributed by atoms with van der Waals surface area (Å²) >= 11 is 9.36. The van der Waals surface area contributed by atoms with E-state index in [-0.39, 0.29) is 23.7 Å². The molecular formula is C21H16BrClFN3O4. The summed E-state index contributed by atoms with van der Waals surface area (Å²) in [5, 5.41) is 6.45. The van der Waals surface area contributed by atoms with Gasteiger partial charge in [0.25, 0.3) is 0 Å². The van der Waals surface area contributed by atoms with Gasteiger partial charge in [-0.15, -0.1) is 0 Å². The van der Waals surface area contributed by atoms with Crippen molar-refractivity contribution in [3.63, 3.8) is 0 Å². The Kier molecular flexibility index (Phi) is 7.80. The number of benzene rings is 2. The van der Waals surface area contributed by atoms with Crippen molar-refractivity contribution < 1.29 is 23.1 Å². The maximum absolute atomic E-state index is 13.8. The molecule has 0 aliphatic heterocycles. The van der Waals surface area contributed by atoms with Gasteiger partial charge in [-0.05, 0) is 64.0 Å². The molecule has 160 valence electrons. The first kappa shape index (κ1) is 22.5. The Morgan fingerprint density at radius 2 is 2.03 bits per heavy atom. The number of amides is 2. The van der Waals surface area contributed by atoms with Gasteiger partial charge in [-0.25, -0.2) is 9.82 Å². The van der Waals surface area contributed by atoms with E-state index in [4.69, 9.17) is 20.8 Å². The highest BCUT2D eigenvalue weighted by molar-refractivity contribution is 9.10. The highest BCUT2D eigenvalue weighted by Gasteiger charge is 2.13. The highest BCUT2D eigenvalue weighted by Crippen LogP contribution is 2.28. The minimum atomic E-state index is -0.913. The number of ether oxygens (including phenoxy) is 1. The lowest BCUT2D eigenvalue weighted by atomic mass is 10.2. The average molecular weight is 509 g/mol. The number of rotatable bonds is 7. The van der Waals surface area contributed by atoms with Crippen LogP contribution in [0.4, 0.5) is 4.39 Å². The van der Waals surface area contributed by atoms with Crippen LogP contribution in [0.1, 0.15) is 16.9 Å². The van der Waals surface area contributed by atoms with Crippen LogP contribution in [0.3, 0.4) is 0 Å². The van der Waals surface area contributed by atoms with E-state index < -0.39 is 17.6 Å². The number of carbonyl (C=O) groups excluding carboxylic acids is 2. The van der Waals surface area contributed by atoms with Crippen LogP contribution in [-0.4, -0.2) is 18.0 Å². The summed E-state index contributed by atoms with van der Waals surface area (Å²) < 4.78 is 25.1. The van der Waals surface area contributed by atoms with Crippen LogP contribution >= 0.6 is 27.5 Å². The molecule has 0 radical (unpaired) electrons. The Hall–Kier alpha value is -3.17. The lowest BCUT2D eigenvalue weighted by Gasteiger charge is -2.10. The molecule has 1 aromatic heterocycles. The number of nitrogens with zero attached hydrogens (tertiary/aromatic N) is 1. The molecule has 0 spiro atoms. The summed E-state index contributed by atoms with van der Waals surface area (Å²) in [6.45, 7) is 0.0518. The van der Waals surface area contributed by atoms with Gasteiger partial charge in [-0.2, -0.15) is 5.10 Å². The molecule has 0 saturated carbocycles. The maximum atomic E-state index is 13.8. The third kappa shape index (κ3) is 6.40. The van der Waals surface area contributed by atoms with Gasteiger partial charge in [0.1, 0.15) is 23.9 Å². The summed E-state index contributed by atoms with van der Waals surface area (Å²) in [5.74, 6) is -1.21. The zero-order valence-electron chi connectivity index (χ0n) is 15.9. The third-order valence-electron chi connectivity index (χ3n) is 3.98. The molecule has 3 rings (SSSR count). The first-order valence-corrected chi connectivity index (χ1v) is 10.1. The summed E-state index contributed by atoms with van der Waals surface area (Å²) in [4.78, 5) is 23.5. The molecule has 7 nitrogen and oxygen atoms in total.